The van der Waals surface area contributed by atoms with E-state index in [2.05, 4.69) is 30.5 Å². The first-order valence-corrected chi connectivity index (χ1v) is 7.99. The van der Waals surface area contributed by atoms with Crippen molar-refractivity contribution in [2.24, 2.45) is 11.3 Å². The maximum atomic E-state index is 11.5. The highest BCUT2D eigenvalue weighted by Crippen LogP contribution is 2.38. The van der Waals surface area contributed by atoms with E-state index in [1.54, 1.807) is 0 Å². The van der Waals surface area contributed by atoms with Crippen LogP contribution in [0.3, 0.4) is 0 Å². The molecule has 2 fully saturated rings. The minimum atomic E-state index is -0.0196. The van der Waals surface area contributed by atoms with Gasteiger partial charge in [0.25, 0.3) is 0 Å². The molecule has 0 N–H and O–H groups in total. The van der Waals surface area contributed by atoms with Gasteiger partial charge in [-0.05, 0) is 31.6 Å². The Bertz CT molecular complexity index is 261. The predicted molar refractivity (Wildman–Crippen MR) is 74.5 cm³/mol. The first-order chi connectivity index (χ1) is 8.13. The lowest BCUT2D eigenvalue weighted by Gasteiger charge is -2.41. The molecule has 0 aromatic heterocycles. The average molecular weight is 255 g/mol. The topological polar surface area (TPSA) is 20.3 Å². The first kappa shape index (κ1) is 13.4. The molecule has 17 heavy (non-hydrogen) atoms. The molecular formula is C14H25NOS. The number of hydrogen-bond donors (Lipinski definition) is 0. The van der Waals surface area contributed by atoms with Gasteiger partial charge >= 0.3 is 0 Å². The Balaban J connectivity index is 1.92. The van der Waals surface area contributed by atoms with Crippen molar-refractivity contribution in [2.45, 2.75) is 44.8 Å². The number of hydrogen-bond acceptors (Lipinski definition) is 3. The molecule has 2 nitrogen and oxygen atoms in total. The van der Waals surface area contributed by atoms with Crippen LogP contribution in [-0.4, -0.2) is 41.8 Å². The van der Waals surface area contributed by atoms with Crippen LogP contribution >= 0.6 is 11.8 Å². The Morgan fingerprint density at radius 1 is 1.35 bits per heavy atom. The molecule has 0 spiro atoms. The van der Waals surface area contributed by atoms with E-state index < -0.39 is 0 Å². The molecule has 1 saturated heterocycles. The lowest BCUT2D eigenvalue weighted by Crippen LogP contribution is -2.46. The number of carbonyl (C=O) groups excluding carboxylic acids is 1. The molecule has 1 unspecified atom stereocenters. The Labute approximate surface area is 110 Å². The Morgan fingerprint density at radius 3 is 2.65 bits per heavy atom. The Kier molecular flexibility index (Phi) is 4.53. The van der Waals surface area contributed by atoms with E-state index in [0.29, 0.717) is 0 Å². The van der Waals surface area contributed by atoms with Crippen molar-refractivity contribution in [3.63, 3.8) is 0 Å². The molecule has 0 aromatic carbocycles. The fourth-order valence-electron chi connectivity index (χ4n) is 3.13. The highest BCUT2D eigenvalue weighted by atomic mass is 32.2. The number of thioether (sulfide) groups is 1. The summed E-state index contributed by atoms with van der Waals surface area (Å²) in [4.78, 5) is 14.0. The molecule has 1 aliphatic heterocycles. The first-order valence-electron chi connectivity index (χ1n) is 6.94. The third-order valence-electron chi connectivity index (χ3n) is 4.38. The summed E-state index contributed by atoms with van der Waals surface area (Å²) in [6, 6.07) is 0. The van der Waals surface area contributed by atoms with Crippen molar-refractivity contribution in [1.82, 2.24) is 4.90 Å². The van der Waals surface area contributed by atoms with Gasteiger partial charge < -0.3 is 9.69 Å². The van der Waals surface area contributed by atoms with Gasteiger partial charge in [0.05, 0.1) is 0 Å². The summed E-state index contributed by atoms with van der Waals surface area (Å²) in [6.45, 7) is 7.95. The summed E-state index contributed by atoms with van der Waals surface area (Å²) in [5.74, 6) is 2.05. The summed E-state index contributed by atoms with van der Waals surface area (Å²) in [6.07, 6.45) is 5.95. The van der Waals surface area contributed by atoms with Gasteiger partial charge in [0.1, 0.15) is 6.29 Å². The molecule has 0 radical (unpaired) electrons. The van der Waals surface area contributed by atoms with Gasteiger partial charge in [-0.1, -0.05) is 13.8 Å². The maximum absolute atomic E-state index is 11.5. The normalized spacial score (nSPS) is 40.1. The second-order valence-corrected chi connectivity index (χ2v) is 7.63. The third kappa shape index (κ3) is 3.47. The highest BCUT2D eigenvalue weighted by molar-refractivity contribution is 7.99. The van der Waals surface area contributed by atoms with Crippen LogP contribution in [0.15, 0.2) is 0 Å². The monoisotopic (exact) mass is 255 g/mol. The second kappa shape index (κ2) is 5.75. The molecule has 0 aromatic rings. The van der Waals surface area contributed by atoms with Gasteiger partial charge in [0.15, 0.2) is 0 Å². The fourth-order valence-corrected chi connectivity index (χ4v) is 4.21. The smallest absolute Gasteiger partial charge is 0.127 e. The summed E-state index contributed by atoms with van der Waals surface area (Å²) in [5.41, 5.74) is -0.0196. The molecule has 0 amide bonds. The van der Waals surface area contributed by atoms with E-state index in [-0.39, 0.29) is 5.41 Å². The zero-order valence-electron chi connectivity index (χ0n) is 11.2. The van der Waals surface area contributed by atoms with Crippen molar-refractivity contribution in [1.29, 1.82) is 0 Å². The van der Waals surface area contributed by atoms with Crippen molar-refractivity contribution in [2.75, 3.05) is 25.4 Å². The van der Waals surface area contributed by atoms with Crippen LogP contribution in [0.25, 0.3) is 0 Å². The Hall–Kier alpha value is -0.0200. The molecular weight excluding hydrogens is 230 g/mol. The zero-order chi connectivity index (χ0) is 12.3. The number of aldehydes is 1. The van der Waals surface area contributed by atoms with E-state index >= 15 is 0 Å². The predicted octanol–water partition coefficient (Wildman–Crippen LogP) is 2.82. The molecule has 1 saturated carbocycles. The summed E-state index contributed by atoms with van der Waals surface area (Å²) >= 11 is 2.06. The minimum absolute atomic E-state index is 0.0196. The van der Waals surface area contributed by atoms with Gasteiger partial charge in [-0.25, -0.2) is 0 Å². The largest absolute Gasteiger partial charge is 0.303 e. The van der Waals surface area contributed by atoms with Crippen molar-refractivity contribution in [3.8, 4) is 0 Å². The number of carbonyl (C=O) groups is 1. The van der Waals surface area contributed by atoms with Crippen LogP contribution in [0.2, 0.25) is 0 Å². The van der Waals surface area contributed by atoms with E-state index in [4.69, 9.17) is 0 Å². The Morgan fingerprint density at radius 2 is 2.06 bits per heavy atom. The van der Waals surface area contributed by atoms with E-state index in [1.165, 1.54) is 31.4 Å². The minimum Gasteiger partial charge on any atom is -0.303 e. The molecule has 1 heterocycles. The van der Waals surface area contributed by atoms with Crippen LogP contribution in [0.5, 0.6) is 0 Å². The number of rotatable bonds is 3. The van der Waals surface area contributed by atoms with Crippen LogP contribution in [-0.2, 0) is 4.79 Å². The lowest BCUT2D eigenvalue weighted by molar-refractivity contribution is -0.119. The lowest BCUT2D eigenvalue weighted by atomic mass is 9.71. The van der Waals surface area contributed by atoms with E-state index in [0.717, 1.165) is 37.1 Å². The standard InChI is InChI=1S/C14H25NOS/c1-12-3-5-14(11-16,6-4-12)10-15-7-8-17-13(2)9-15/h11-13H,3-10H2,1-2H3. The fraction of sp³-hybridized carbons (Fsp3) is 0.929. The van der Waals surface area contributed by atoms with E-state index in [1.807, 2.05) is 0 Å². The molecule has 2 aliphatic rings. The van der Waals surface area contributed by atoms with Gasteiger partial charge in [-0.3, -0.25) is 0 Å². The summed E-state index contributed by atoms with van der Waals surface area (Å²) < 4.78 is 0. The van der Waals surface area contributed by atoms with Crippen molar-refractivity contribution in [3.05, 3.63) is 0 Å². The molecule has 98 valence electrons. The summed E-state index contributed by atoms with van der Waals surface area (Å²) in [5, 5.41) is 0.731. The SMILES string of the molecule is CC1CCC(C=O)(CN2CCSC(C)C2)CC1. The highest BCUT2D eigenvalue weighted by Gasteiger charge is 2.36. The molecule has 2 rings (SSSR count). The third-order valence-corrected chi connectivity index (χ3v) is 5.52. The van der Waals surface area contributed by atoms with Crippen LogP contribution < -0.4 is 0 Å². The number of nitrogens with zero attached hydrogens (tertiary/aromatic N) is 1. The van der Waals surface area contributed by atoms with Gasteiger partial charge in [-0.2, -0.15) is 11.8 Å². The quantitative estimate of drug-likeness (QED) is 0.723. The van der Waals surface area contributed by atoms with E-state index in [9.17, 15) is 4.79 Å². The van der Waals surface area contributed by atoms with Gasteiger partial charge in [0.2, 0.25) is 0 Å². The second-order valence-electron chi connectivity index (χ2n) is 6.08. The molecule has 1 atom stereocenters. The summed E-state index contributed by atoms with van der Waals surface area (Å²) in [7, 11) is 0. The zero-order valence-corrected chi connectivity index (χ0v) is 12.0. The average Bonchev–Trinajstić information content (AvgIpc) is 2.33. The van der Waals surface area contributed by atoms with Crippen LogP contribution in [0, 0.1) is 11.3 Å². The van der Waals surface area contributed by atoms with Crippen molar-refractivity contribution < 1.29 is 4.79 Å². The van der Waals surface area contributed by atoms with Crippen molar-refractivity contribution >= 4 is 18.0 Å². The molecule has 1 aliphatic carbocycles. The van der Waals surface area contributed by atoms with Gasteiger partial charge in [-0.15, -0.1) is 0 Å². The van der Waals surface area contributed by atoms with Gasteiger partial charge in [0, 0.05) is 36.1 Å². The van der Waals surface area contributed by atoms with Crippen LogP contribution in [0.1, 0.15) is 39.5 Å². The maximum Gasteiger partial charge on any atom is 0.127 e. The van der Waals surface area contributed by atoms with Crippen LogP contribution in [0.4, 0.5) is 0 Å². The molecule has 0 bridgehead atoms. The molecule has 3 heteroatoms.